The molecule has 0 aliphatic carbocycles. The Bertz CT molecular complexity index is 318. The first kappa shape index (κ1) is 10.8. The van der Waals surface area contributed by atoms with Gasteiger partial charge in [-0.05, 0) is 12.5 Å². The normalized spacial score (nSPS) is 15.1. The molecule has 4 N–H and O–H groups in total. The largest absolute Gasteiger partial charge is 0.396 e. The fraction of sp³-hybridized carbons (Fsp3) is 0.500. The summed E-state index contributed by atoms with van der Waals surface area (Å²) in [5.41, 5.74) is -0.205. The molecule has 1 aromatic heterocycles. The predicted octanol–water partition coefficient (Wildman–Crippen LogP) is -1.45. The number of rotatable bonds is 4. The van der Waals surface area contributed by atoms with E-state index in [4.69, 9.17) is 5.11 Å². The molecule has 2 unspecified atom stereocenters. The fourth-order valence-corrected chi connectivity index (χ4v) is 1.01. The van der Waals surface area contributed by atoms with Crippen molar-refractivity contribution in [2.24, 2.45) is 0 Å². The van der Waals surface area contributed by atoms with Crippen LogP contribution in [-0.4, -0.2) is 38.2 Å². The topological polar surface area (TPSA) is 106 Å². The summed E-state index contributed by atoms with van der Waals surface area (Å²) in [6, 6.07) is 2.53. The Balaban J connectivity index is 2.73. The molecule has 0 aliphatic rings. The monoisotopic (exact) mass is 200 g/mol. The highest BCUT2D eigenvalue weighted by molar-refractivity contribution is 5.04. The number of aromatic nitrogens is 2. The third-order valence-corrected chi connectivity index (χ3v) is 1.79. The minimum absolute atomic E-state index is 0.0575. The standard InChI is InChI=1S/C8H12N2O4/c11-4-3-6(12)8(14)5-1-2-7(13)10-9-5/h1-2,6,8,11-12,14H,3-4H2,(H,10,13). The zero-order valence-electron chi connectivity index (χ0n) is 7.42. The molecule has 0 aromatic carbocycles. The number of hydrogen-bond acceptors (Lipinski definition) is 5. The number of aromatic amines is 1. The van der Waals surface area contributed by atoms with Crippen LogP contribution in [0.3, 0.4) is 0 Å². The molecule has 1 aromatic rings. The molecule has 0 saturated carbocycles. The van der Waals surface area contributed by atoms with Crippen LogP contribution < -0.4 is 5.56 Å². The maximum absolute atomic E-state index is 10.6. The smallest absolute Gasteiger partial charge is 0.264 e. The lowest BCUT2D eigenvalue weighted by Gasteiger charge is -2.15. The van der Waals surface area contributed by atoms with Gasteiger partial charge in [-0.3, -0.25) is 4.79 Å². The molecule has 0 aliphatic heterocycles. The van der Waals surface area contributed by atoms with Crippen molar-refractivity contribution in [1.82, 2.24) is 10.2 Å². The van der Waals surface area contributed by atoms with Gasteiger partial charge >= 0.3 is 0 Å². The molecule has 78 valence electrons. The Hall–Kier alpha value is -1.24. The van der Waals surface area contributed by atoms with Crippen LogP contribution >= 0.6 is 0 Å². The van der Waals surface area contributed by atoms with Crippen LogP contribution in [0.1, 0.15) is 18.2 Å². The van der Waals surface area contributed by atoms with E-state index < -0.39 is 12.2 Å². The van der Waals surface area contributed by atoms with Crippen molar-refractivity contribution in [2.45, 2.75) is 18.6 Å². The molecule has 0 amide bonds. The van der Waals surface area contributed by atoms with Crippen molar-refractivity contribution in [1.29, 1.82) is 0 Å². The Kier molecular flexibility index (Phi) is 3.75. The van der Waals surface area contributed by atoms with Gasteiger partial charge in [0.1, 0.15) is 6.10 Å². The van der Waals surface area contributed by atoms with Gasteiger partial charge in [-0.2, -0.15) is 5.10 Å². The van der Waals surface area contributed by atoms with Gasteiger partial charge < -0.3 is 15.3 Å². The molecular formula is C8H12N2O4. The van der Waals surface area contributed by atoms with Crippen LogP contribution in [0.4, 0.5) is 0 Å². The first-order valence-corrected chi connectivity index (χ1v) is 4.17. The second kappa shape index (κ2) is 4.85. The van der Waals surface area contributed by atoms with E-state index in [2.05, 4.69) is 10.2 Å². The molecule has 1 heterocycles. The minimum atomic E-state index is -1.20. The summed E-state index contributed by atoms with van der Waals surface area (Å²) >= 11 is 0. The highest BCUT2D eigenvalue weighted by Crippen LogP contribution is 2.14. The lowest BCUT2D eigenvalue weighted by molar-refractivity contribution is 0.00141. The summed E-state index contributed by atoms with van der Waals surface area (Å²) < 4.78 is 0. The second-order valence-corrected chi connectivity index (χ2v) is 2.87. The van der Waals surface area contributed by atoms with Crippen molar-refractivity contribution < 1.29 is 15.3 Å². The predicted molar refractivity (Wildman–Crippen MR) is 47.5 cm³/mol. The van der Waals surface area contributed by atoms with Gasteiger partial charge in [0, 0.05) is 12.7 Å². The van der Waals surface area contributed by atoms with Gasteiger partial charge in [0.15, 0.2) is 0 Å². The van der Waals surface area contributed by atoms with Gasteiger partial charge in [-0.15, -0.1) is 0 Å². The maximum atomic E-state index is 10.6. The first-order chi connectivity index (χ1) is 6.65. The Labute approximate surface area is 79.8 Å². The highest BCUT2D eigenvalue weighted by atomic mass is 16.3. The summed E-state index contributed by atoms with van der Waals surface area (Å²) in [4.78, 5) is 10.6. The van der Waals surface area contributed by atoms with E-state index in [1.54, 1.807) is 0 Å². The van der Waals surface area contributed by atoms with Crippen LogP contribution in [0.5, 0.6) is 0 Å². The number of hydrogen-bond donors (Lipinski definition) is 4. The summed E-state index contributed by atoms with van der Waals surface area (Å²) in [7, 11) is 0. The lowest BCUT2D eigenvalue weighted by atomic mass is 10.1. The van der Waals surface area contributed by atoms with Crippen LogP contribution in [0.25, 0.3) is 0 Å². The fourth-order valence-electron chi connectivity index (χ4n) is 1.01. The van der Waals surface area contributed by atoms with Crippen molar-refractivity contribution in [3.8, 4) is 0 Å². The van der Waals surface area contributed by atoms with E-state index >= 15 is 0 Å². The van der Waals surface area contributed by atoms with Gasteiger partial charge in [-0.25, -0.2) is 5.10 Å². The molecule has 1 rings (SSSR count). The van der Waals surface area contributed by atoms with Crippen LogP contribution in [-0.2, 0) is 0 Å². The number of nitrogens with zero attached hydrogens (tertiary/aromatic N) is 1. The van der Waals surface area contributed by atoms with E-state index in [0.29, 0.717) is 0 Å². The molecular weight excluding hydrogens is 188 g/mol. The van der Waals surface area contributed by atoms with Crippen LogP contribution in [0.2, 0.25) is 0 Å². The van der Waals surface area contributed by atoms with Crippen molar-refractivity contribution >= 4 is 0 Å². The van der Waals surface area contributed by atoms with Crippen molar-refractivity contribution in [3.05, 3.63) is 28.2 Å². The molecule has 0 spiro atoms. The van der Waals surface area contributed by atoms with E-state index in [-0.39, 0.29) is 24.3 Å². The first-order valence-electron chi connectivity index (χ1n) is 4.17. The number of aliphatic hydroxyl groups is 3. The molecule has 0 saturated heterocycles. The number of aliphatic hydroxyl groups excluding tert-OH is 3. The molecule has 6 nitrogen and oxygen atoms in total. The number of nitrogens with one attached hydrogen (secondary N) is 1. The summed E-state index contributed by atoms with van der Waals surface area (Å²) in [6.45, 7) is -0.221. The molecule has 0 radical (unpaired) electrons. The molecule has 0 bridgehead atoms. The minimum Gasteiger partial charge on any atom is -0.396 e. The van der Waals surface area contributed by atoms with Crippen molar-refractivity contribution in [2.75, 3.05) is 6.61 Å². The molecule has 14 heavy (non-hydrogen) atoms. The van der Waals surface area contributed by atoms with Gasteiger partial charge in [-0.1, -0.05) is 0 Å². The Morgan fingerprint density at radius 3 is 2.64 bits per heavy atom. The average Bonchev–Trinajstić information content (AvgIpc) is 2.18. The SMILES string of the molecule is O=c1ccc(C(O)C(O)CCO)n[nH]1. The highest BCUT2D eigenvalue weighted by Gasteiger charge is 2.18. The lowest BCUT2D eigenvalue weighted by Crippen LogP contribution is -2.22. The zero-order valence-corrected chi connectivity index (χ0v) is 7.42. The van der Waals surface area contributed by atoms with Gasteiger partial charge in [0.25, 0.3) is 5.56 Å². The van der Waals surface area contributed by atoms with E-state index in [1.807, 2.05) is 0 Å². The van der Waals surface area contributed by atoms with Gasteiger partial charge in [0.2, 0.25) is 0 Å². The second-order valence-electron chi connectivity index (χ2n) is 2.87. The zero-order chi connectivity index (χ0) is 10.6. The third kappa shape index (κ3) is 2.63. The maximum Gasteiger partial charge on any atom is 0.264 e. The third-order valence-electron chi connectivity index (χ3n) is 1.79. The van der Waals surface area contributed by atoms with Crippen LogP contribution in [0, 0.1) is 0 Å². The molecule has 2 atom stereocenters. The summed E-state index contributed by atoms with van der Waals surface area (Å²) in [5, 5.41) is 33.0. The quantitative estimate of drug-likeness (QED) is 0.475. The van der Waals surface area contributed by atoms with E-state index in [9.17, 15) is 15.0 Å². The van der Waals surface area contributed by atoms with E-state index in [1.165, 1.54) is 12.1 Å². The van der Waals surface area contributed by atoms with Gasteiger partial charge in [0.05, 0.1) is 11.8 Å². The Morgan fingerprint density at radius 1 is 1.43 bits per heavy atom. The average molecular weight is 200 g/mol. The Morgan fingerprint density at radius 2 is 2.14 bits per heavy atom. The number of H-pyrrole nitrogens is 1. The molecule has 0 fully saturated rings. The van der Waals surface area contributed by atoms with Crippen molar-refractivity contribution in [3.63, 3.8) is 0 Å². The van der Waals surface area contributed by atoms with Crippen LogP contribution in [0.15, 0.2) is 16.9 Å². The van der Waals surface area contributed by atoms with E-state index in [0.717, 1.165) is 0 Å². The molecule has 6 heteroatoms. The summed E-state index contributed by atoms with van der Waals surface area (Å²) in [6.07, 6.45) is -2.22. The summed E-state index contributed by atoms with van der Waals surface area (Å²) in [5.74, 6) is 0.